The molecule has 1 rings (SSSR count). The molecule has 0 N–H and O–H groups in total. The van der Waals surface area contributed by atoms with E-state index in [0.717, 1.165) is 0 Å². The molecule has 9 heteroatoms. The number of nitrogens with zero attached hydrogens (tertiary/aromatic N) is 7. The van der Waals surface area contributed by atoms with Crippen LogP contribution in [-0.2, 0) is 4.74 Å². The molecule has 2 atom stereocenters. The fraction of sp³-hybridized carbons (Fsp3) is 0.900. The van der Waals surface area contributed by atoms with Gasteiger partial charge >= 0.3 is 6.09 Å². The van der Waals surface area contributed by atoms with Gasteiger partial charge in [0.15, 0.2) is 0 Å². The summed E-state index contributed by atoms with van der Waals surface area (Å²) in [6, 6.07) is -0.599. The Balaban J connectivity index is 2.78. The monoisotopic (exact) mass is 267 g/mol. The van der Waals surface area contributed by atoms with Gasteiger partial charge in [-0.05, 0) is 38.3 Å². The largest absolute Gasteiger partial charge is 0.444 e. The maximum absolute atomic E-state index is 12.0. The predicted octanol–water partition coefficient (Wildman–Crippen LogP) is 2.99. The summed E-state index contributed by atoms with van der Waals surface area (Å²) in [4.78, 5) is 18.9. The number of rotatable bonds is 3. The second-order valence-corrected chi connectivity index (χ2v) is 5.29. The van der Waals surface area contributed by atoms with E-state index in [0.29, 0.717) is 6.42 Å². The van der Waals surface area contributed by atoms with Crippen molar-refractivity contribution in [1.82, 2.24) is 4.90 Å². The van der Waals surface area contributed by atoms with Crippen LogP contribution in [0.4, 0.5) is 4.79 Å². The zero-order chi connectivity index (χ0) is 14.5. The third-order valence-electron chi connectivity index (χ3n) is 2.59. The lowest BCUT2D eigenvalue weighted by Crippen LogP contribution is -2.41. The van der Waals surface area contributed by atoms with Gasteiger partial charge in [-0.2, -0.15) is 0 Å². The van der Waals surface area contributed by atoms with E-state index < -0.39 is 11.7 Å². The molecule has 0 aromatic carbocycles. The molecule has 1 aliphatic heterocycles. The van der Waals surface area contributed by atoms with Gasteiger partial charge in [0.1, 0.15) is 5.60 Å². The summed E-state index contributed by atoms with van der Waals surface area (Å²) in [6.07, 6.45) is -0.0104. The molecular formula is C10H17N7O2. The Hall–Kier alpha value is -2.11. The van der Waals surface area contributed by atoms with Crippen LogP contribution in [0.5, 0.6) is 0 Å². The quantitative estimate of drug-likeness (QED) is 0.442. The molecule has 2 unspecified atom stereocenters. The molecule has 9 nitrogen and oxygen atoms in total. The van der Waals surface area contributed by atoms with E-state index in [1.165, 1.54) is 4.90 Å². The molecule has 1 heterocycles. The molecule has 0 radical (unpaired) electrons. The third kappa shape index (κ3) is 4.57. The van der Waals surface area contributed by atoms with Crippen LogP contribution in [0.1, 0.15) is 27.2 Å². The lowest BCUT2D eigenvalue weighted by molar-refractivity contribution is 0.0230. The molecule has 0 aliphatic carbocycles. The standard InChI is InChI=1S/C10H17N7O2/c1-10(2,3)19-9(18)17-6-7(14-16-12)4-8(17)5-13-15-11/h7-8H,4-6H2,1-3H3. The number of hydrogen-bond acceptors (Lipinski definition) is 4. The van der Waals surface area contributed by atoms with Crippen LogP contribution in [0.2, 0.25) is 0 Å². The summed E-state index contributed by atoms with van der Waals surface area (Å²) in [7, 11) is 0. The second kappa shape index (κ2) is 6.17. The Bertz CT molecular complexity index is 432. The minimum absolute atomic E-state index is 0.146. The highest BCUT2D eigenvalue weighted by molar-refractivity contribution is 5.69. The van der Waals surface area contributed by atoms with Crippen molar-refractivity contribution in [2.45, 2.75) is 44.9 Å². The summed E-state index contributed by atoms with van der Waals surface area (Å²) >= 11 is 0. The molecular weight excluding hydrogens is 250 g/mol. The van der Waals surface area contributed by atoms with E-state index >= 15 is 0 Å². The molecule has 19 heavy (non-hydrogen) atoms. The maximum atomic E-state index is 12.0. The molecule has 0 spiro atoms. The highest BCUT2D eigenvalue weighted by Gasteiger charge is 2.36. The lowest BCUT2D eigenvalue weighted by atomic mass is 10.2. The Morgan fingerprint density at radius 3 is 2.63 bits per heavy atom. The number of amides is 1. The van der Waals surface area contributed by atoms with Gasteiger partial charge in [-0.15, -0.1) is 0 Å². The summed E-state index contributed by atoms with van der Waals surface area (Å²) in [6.45, 7) is 5.74. The Morgan fingerprint density at radius 2 is 2.11 bits per heavy atom. The smallest absolute Gasteiger partial charge is 0.410 e. The Morgan fingerprint density at radius 1 is 1.42 bits per heavy atom. The van der Waals surface area contributed by atoms with E-state index in [4.69, 9.17) is 15.8 Å². The molecule has 1 aliphatic rings. The average Bonchev–Trinajstić information content (AvgIpc) is 2.68. The van der Waals surface area contributed by atoms with Gasteiger partial charge in [0, 0.05) is 29.0 Å². The third-order valence-corrected chi connectivity index (χ3v) is 2.59. The van der Waals surface area contributed by atoms with Crippen molar-refractivity contribution in [2.24, 2.45) is 10.2 Å². The fourth-order valence-electron chi connectivity index (χ4n) is 1.90. The Labute approximate surface area is 110 Å². The zero-order valence-corrected chi connectivity index (χ0v) is 11.2. The normalized spacial score (nSPS) is 22.4. The van der Waals surface area contributed by atoms with Crippen molar-refractivity contribution in [3.63, 3.8) is 0 Å². The van der Waals surface area contributed by atoms with E-state index in [-0.39, 0.29) is 25.2 Å². The van der Waals surface area contributed by atoms with Crippen molar-refractivity contribution in [3.8, 4) is 0 Å². The van der Waals surface area contributed by atoms with E-state index in [1.807, 2.05) is 0 Å². The van der Waals surface area contributed by atoms with Gasteiger partial charge in [0.2, 0.25) is 0 Å². The number of ether oxygens (including phenoxy) is 1. The average molecular weight is 267 g/mol. The molecule has 0 saturated carbocycles. The minimum atomic E-state index is -0.600. The van der Waals surface area contributed by atoms with Gasteiger partial charge in [-0.1, -0.05) is 10.2 Å². The lowest BCUT2D eigenvalue weighted by Gasteiger charge is -2.27. The molecule has 0 bridgehead atoms. The maximum Gasteiger partial charge on any atom is 0.410 e. The molecule has 1 amide bonds. The number of carbonyl (C=O) groups is 1. The Kier molecular flexibility index (Phi) is 4.86. The number of hydrogen-bond donors (Lipinski definition) is 0. The second-order valence-electron chi connectivity index (χ2n) is 5.29. The van der Waals surface area contributed by atoms with Crippen molar-refractivity contribution < 1.29 is 9.53 Å². The molecule has 1 saturated heterocycles. The van der Waals surface area contributed by atoms with E-state index in [2.05, 4.69) is 20.1 Å². The van der Waals surface area contributed by atoms with Crippen LogP contribution in [0.3, 0.4) is 0 Å². The summed E-state index contributed by atoms with van der Waals surface area (Å²) in [5.41, 5.74) is 16.2. The first-order valence-corrected chi connectivity index (χ1v) is 5.92. The van der Waals surface area contributed by atoms with Crippen molar-refractivity contribution >= 4 is 6.09 Å². The first kappa shape index (κ1) is 14.9. The molecule has 0 aromatic rings. The van der Waals surface area contributed by atoms with Gasteiger partial charge in [0.05, 0.1) is 6.04 Å². The van der Waals surface area contributed by atoms with Crippen LogP contribution in [0.15, 0.2) is 10.2 Å². The van der Waals surface area contributed by atoms with Gasteiger partial charge in [0.25, 0.3) is 0 Å². The number of carbonyl (C=O) groups excluding carboxylic acids is 1. The van der Waals surface area contributed by atoms with Crippen LogP contribution >= 0.6 is 0 Å². The summed E-state index contributed by atoms with van der Waals surface area (Å²) in [5.74, 6) is 0. The van der Waals surface area contributed by atoms with Crippen LogP contribution in [0, 0.1) is 0 Å². The highest BCUT2D eigenvalue weighted by atomic mass is 16.6. The highest BCUT2D eigenvalue weighted by Crippen LogP contribution is 2.23. The zero-order valence-electron chi connectivity index (χ0n) is 11.2. The van der Waals surface area contributed by atoms with Crippen LogP contribution < -0.4 is 0 Å². The fourth-order valence-corrected chi connectivity index (χ4v) is 1.90. The van der Waals surface area contributed by atoms with Gasteiger partial charge in [-0.25, -0.2) is 4.79 Å². The minimum Gasteiger partial charge on any atom is -0.444 e. The summed E-state index contributed by atoms with van der Waals surface area (Å²) < 4.78 is 5.28. The van der Waals surface area contributed by atoms with Crippen LogP contribution in [-0.4, -0.2) is 41.8 Å². The van der Waals surface area contributed by atoms with E-state index in [9.17, 15) is 4.79 Å². The molecule has 1 fully saturated rings. The van der Waals surface area contributed by atoms with Crippen LogP contribution in [0.25, 0.3) is 20.9 Å². The van der Waals surface area contributed by atoms with Crippen molar-refractivity contribution in [2.75, 3.05) is 13.1 Å². The number of likely N-dealkylation sites (tertiary alicyclic amines) is 1. The van der Waals surface area contributed by atoms with Gasteiger partial charge < -0.3 is 9.64 Å². The first-order chi connectivity index (χ1) is 8.87. The number of azide groups is 2. The SMILES string of the molecule is CC(C)(C)OC(=O)N1CC(N=[N+]=[N-])CC1CN=[N+]=[N-]. The molecule has 104 valence electrons. The summed E-state index contributed by atoms with van der Waals surface area (Å²) in [5, 5.41) is 7.08. The molecule has 0 aromatic heterocycles. The predicted molar refractivity (Wildman–Crippen MR) is 68.3 cm³/mol. The van der Waals surface area contributed by atoms with Crippen molar-refractivity contribution in [1.29, 1.82) is 0 Å². The van der Waals surface area contributed by atoms with E-state index in [1.54, 1.807) is 20.8 Å². The first-order valence-electron chi connectivity index (χ1n) is 5.92. The van der Waals surface area contributed by atoms with Gasteiger partial charge in [-0.3, -0.25) is 0 Å². The topological polar surface area (TPSA) is 127 Å². The van der Waals surface area contributed by atoms with Crippen molar-refractivity contribution in [3.05, 3.63) is 20.9 Å².